The van der Waals surface area contributed by atoms with Gasteiger partial charge in [-0.15, -0.1) is 0 Å². The van der Waals surface area contributed by atoms with Gasteiger partial charge < -0.3 is 9.73 Å². The van der Waals surface area contributed by atoms with Gasteiger partial charge in [0.25, 0.3) is 0 Å². The summed E-state index contributed by atoms with van der Waals surface area (Å²) >= 11 is 12.6. The number of rotatable bonds is 4. The molecule has 142 valence electrons. The maximum absolute atomic E-state index is 12.5. The molecule has 1 unspecified atom stereocenters. The van der Waals surface area contributed by atoms with Crippen LogP contribution in [0.3, 0.4) is 0 Å². The van der Waals surface area contributed by atoms with Crippen molar-refractivity contribution in [3.8, 4) is 0 Å². The monoisotopic (exact) mass is 424 g/mol. The number of carbonyl (C=O) groups excluding carboxylic acids is 1. The lowest BCUT2D eigenvalue weighted by Gasteiger charge is -2.34. The Hall–Kier alpha value is -2.07. The number of hydrogen-bond acceptors (Lipinski definition) is 6. The lowest BCUT2D eigenvalue weighted by atomic mass is 10.1. The third-order valence-corrected chi connectivity index (χ3v) is 5.57. The summed E-state index contributed by atoms with van der Waals surface area (Å²) in [6, 6.07) is 9.32. The van der Waals surface area contributed by atoms with E-state index in [9.17, 15) is 10.0 Å². The summed E-state index contributed by atoms with van der Waals surface area (Å²) < 4.78 is 5.06. The van der Waals surface area contributed by atoms with E-state index in [2.05, 4.69) is 10.4 Å². The number of hydrazone groups is 1. The molecule has 27 heavy (non-hydrogen) atoms. The molecule has 2 heterocycles. The predicted molar refractivity (Wildman–Crippen MR) is 110 cm³/mol. The lowest BCUT2D eigenvalue weighted by Crippen LogP contribution is -2.54. The minimum atomic E-state index is -0.812. The van der Waals surface area contributed by atoms with Crippen LogP contribution in [0, 0.1) is 0 Å². The van der Waals surface area contributed by atoms with Crippen LogP contribution in [0.4, 0.5) is 10.5 Å². The molecule has 7 nitrogen and oxygen atoms in total. The zero-order chi connectivity index (χ0) is 19.6. The van der Waals surface area contributed by atoms with Crippen LogP contribution in [0.25, 0.3) is 0 Å². The molecule has 10 heteroatoms. The van der Waals surface area contributed by atoms with Crippen molar-refractivity contribution in [2.75, 3.05) is 5.32 Å². The molecular weight excluding hydrogens is 408 g/mol. The Morgan fingerprint density at radius 1 is 1.44 bits per heavy atom. The highest BCUT2D eigenvalue weighted by Gasteiger charge is 2.50. The molecule has 2 amide bonds. The van der Waals surface area contributed by atoms with Gasteiger partial charge in [0.05, 0.1) is 17.2 Å². The van der Waals surface area contributed by atoms with Crippen molar-refractivity contribution < 1.29 is 14.4 Å². The lowest BCUT2D eigenvalue weighted by molar-refractivity contribution is -0.114. The Kier molecular flexibility index (Phi) is 5.75. The number of nitrogens with zero attached hydrogens (tertiary/aromatic N) is 3. The van der Waals surface area contributed by atoms with Crippen LogP contribution in [0.1, 0.15) is 19.6 Å². The van der Waals surface area contributed by atoms with Crippen molar-refractivity contribution in [1.82, 2.24) is 10.1 Å². The standard InChI is InChI=1S/C17H17ClN4O3S2/c1-17(2)14(21(16(26)27-17)19-10-13-4-3-9-25-13)22(24)15(23)20-12-7-5-11(18)6-8-12/h3-10,14,24H,1-2H3,(H,20,23). The van der Waals surface area contributed by atoms with Crippen LogP contribution in [-0.2, 0) is 0 Å². The first kappa shape index (κ1) is 19.7. The van der Waals surface area contributed by atoms with E-state index in [1.165, 1.54) is 29.2 Å². The van der Waals surface area contributed by atoms with Crippen LogP contribution in [0.5, 0.6) is 0 Å². The van der Waals surface area contributed by atoms with Crippen LogP contribution in [0.2, 0.25) is 5.02 Å². The number of hydroxylamine groups is 2. The molecule has 1 aromatic carbocycles. The molecule has 1 aliphatic heterocycles. The summed E-state index contributed by atoms with van der Waals surface area (Å²) in [4.78, 5) is 12.5. The Balaban J connectivity index is 1.80. The summed E-state index contributed by atoms with van der Waals surface area (Å²) in [7, 11) is 0. The van der Waals surface area contributed by atoms with Crippen LogP contribution >= 0.6 is 35.6 Å². The maximum Gasteiger partial charge on any atom is 0.347 e. The zero-order valence-electron chi connectivity index (χ0n) is 14.5. The first-order valence-electron chi connectivity index (χ1n) is 7.92. The molecule has 3 rings (SSSR count). The Morgan fingerprint density at radius 2 is 2.15 bits per heavy atom. The molecular formula is C17H17ClN4O3S2. The highest BCUT2D eigenvalue weighted by Crippen LogP contribution is 2.42. The fourth-order valence-corrected chi connectivity index (χ4v) is 4.45. The minimum Gasteiger partial charge on any atom is -0.463 e. The molecule has 1 atom stereocenters. The summed E-state index contributed by atoms with van der Waals surface area (Å²) in [5.74, 6) is 0.529. The number of thioether (sulfide) groups is 1. The third kappa shape index (κ3) is 4.44. The zero-order valence-corrected chi connectivity index (χ0v) is 16.9. The summed E-state index contributed by atoms with van der Waals surface area (Å²) in [5, 5.41) is 20.1. The maximum atomic E-state index is 12.5. The first-order chi connectivity index (χ1) is 12.8. The van der Waals surface area contributed by atoms with Crippen LogP contribution < -0.4 is 5.32 Å². The quantitative estimate of drug-likeness (QED) is 0.322. The number of hydrogen-bond donors (Lipinski definition) is 2. The second kappa shape index (κ2) is 7.89. The van der Waals surface area contributed by atoms with Gasteiger partial charge in [0.2, 0.25) is 0 Å². The van der Waals surface area contributed by atoms with Gasteiger partial charge in [-0.1, -0.05) is 35.6 Å². The van der Waals surface area contributed by atoms with E-state index in [1.807, 2.05) is 13.8 Å². The first-order valence-corrected chi connectivity index (χ1v) is 9.52. The summed E-state index contributed by atoms with van der Waals surface area (Å²) in [6.45, 7) is 3.74. The van der Waals surface area contributed by atoms with Gasteiger partial charge in [-0.3, -0.25) is 5.21 Å². The van der Waals surface area contributed by atoms with E-state index >= 15 is 0 Å². The number of anilines is 1. The fourth-order valence-electron chi connectivity index (χ4n) is 2.54. The van der Waals surface area contributed by atoms with Gasteiger partial charge in [0.15, 0.2) is 10.5 Å². The molecule has 1 fully saturated rings. The van der Waals surface area contributed by atoms with Crippen LogP contribution in [-0.4, -0.2) is 42.8 Å². The molecule has 1 saturated heterocycles. The molecule has 1 aliphatic rings. The van der Waals surface area contributed by atoms with E-state index in [0.29, 0.717) is 25.9 Å². The largest absolute Gasteiger partial charge is 0.463 e. The van der Waals surface area contributed by atoms with Crippen molar-refractivity contribution in [3.63, 3.8) is 0 Å². The number of benzene rings is 1. The minimum absolute atomic E-state index is 0.436. The highest BCUT2D eigenvalue weighted by atomic mass is 35.5. The SMILES string of the molecule is CC1(C)SC(=S)N(N=Cc2ccco2)C1N(O)C(=O)Nc1ccc(Cl)cc1. The van der Waals surface area contributed by atoms with Crippen molar-refractivity contribution in [3.05, 3.63) is 53.4 Å². The van der Waals surface area contributed by atoms with E-state index < -0.39 is 16.9 Å². The molecule has 0 saturated carbocycles. The average Bonchev–Trinajstić information content (AvgIpc) is 3.19. The third-order valence-electron chi connectivity index (χ3n) is 3.78. The normalized spacial score (nSPS) is 18.9. The van der Waals surface area contributed by atoms with E-state index in [4.69, 9.17) is 28.2 Å². The number of thiocarbonyl (C=S) groups is 1. The topological polar surface area (TPSA) is 81.3 Å². The van der Waals surface area contributed by atoms with Crippen molar-refractivity contribution >= 4 is 57.8 Å². The van der Waals surface area contributed by atoms with Crippen molar-refractivity contribution in [1.29, 1.82) is 0 Å². The van der Waals surface area contributed by atoms with Gasteiger partial charge in [0, 0.05) is 10.7 Å². The van der Waals surface area contributed by atoms with Crippen molar-refractivity contribution in [2.45, 2.75) is 24.8 Å². The number of amides is 2. The number of carbonyl (C=O) groups is 1. The van der Waals surface area contributed by atoms with Gasteiger partial charge >= 0.3 is 6.03 Å². The Labute approximate surface area is 170 Å². The van der Waals surface area contributed by atoms with Gasteiger partial charge in [-0.05, 0) is 50.2 Å². The van der Waals surface area contributed by atoms with Crippen LogP contribution in [0.15, 0.2) is 52.2 Å². The number of halogens is 1. The highest BCUT2D eigenvalue weighted by molar-refractivity contribution is 8.24. The Morgan fingerprint density at radius 3 is 2.78 bits per heavy atom. The summed E-state index contributed by atoms with van der Waals surface area (Å²) in [5.41, 5.74) is 0.500. The second-order valence-corrected chi connectivity index (χ2v) is 8.96. The molecule has 0 bridgehead atoms. The van der Waals surface area contributed by atoms with Crippen molar-refractivity contribution in [2.24, 2.45) is 5.10 Å². The molecule has 0 aliphatic carbocycles. The number of urea groups is 1. The molecule has 0 spiro atoms. The van der Waals surface area contributed by atoms with Gasteiger partial charge in [-0.2, -0.15) is 10.2 Å². The van der Waals surface area contributed by atoms with E-state index in [1.54, 1.807) is 36.4 Å². The van der Waals surface area contributed by atoms with Gasteiger partial charge in [-0.25, -0.2) is 9.80 Å². The smallest absolute Gasteiger partial charge is 0.347 e. The molecule has 2 aromatic rings. The molecule has 2 N–H and O–H groups in total. The Bertz CT molecular complexity index is 856. The predicted octanol–water partition coefficient (Wildman–Crippen LogP) is 4.63. The average molecular weight is 425 g/mol. The molecule has 1 aromatic heterocycles. The van der Waals surface area contributed by atoms with E-state index in [0.717, 1.165) is 0 Å². The fraction of sp³-hybridized carbons (Fsp3) is 0.235. The summed E-state index contributed by atoms with van der Waals surface area (Å²) in [6.07, 6.45) is 2.19. The number of furan rings is 1. The van der Waals surface area contributed by atoms with Gasteiger partial charge in [0.1, 0.15) is 5.76 Å². The molecule has 0 radical (unpaired) electrons. The second-order valence-electron chi connectivity index (χ2n) is 6.23. The number of nitrogens with one attached hydrogen (secondary N) is 1. The van der Waals surface area contributed by atoms with E-state index in [-0.39, 0.29) is 0 Å².